The molecule has 1 N–H and O–H groups in total. The van der Waals surface area contributed by atoms with Crippen LogP contribution < -0.4 is 5.32 Å². The first-order chi connectivity index (χ1) is 8.29. The Hall–Kier alpha value is -1.91. The molecule has 0 aromatic carbocycles. The van der Waals surface area contributed by atoms with E-state index in [4.69, 9.17) is 4.74 Å². The van der Waals surface area contributed by atoms with Crippen molar-refractivity contribution in [3.05, 3.63) is 30.1 Å². The molecule has 1 rings (SSSR count). The van der Waals surface area contributed by atoms with E-state index >= 15 is 0 Å². The van der Waals surface area contributed by atoms with Crippen molar-refractivity contribution in [2.24, 2.45) is 0 Å². The third-order valence-electron chi connectivity index (χ3n) is 2.03. The third kappa shape index (κ3) is 4.53. The van der Waals surface area contributed by atoms with Crippen LogP contribution in [0.4, 0.5) is 0 Å². The maximum atomic E-state index is 11.8. The van der Waals surface area contributed by atoms with Gasteiger partial charge in [0, 0.05) is 12.4 Å². The Bertz CT molecular complexity index is 424. The zero-order valence-corrected chi connectivity index (χ0v) is 11.1. The number of hydrogen-bond donors (Lipinski definition) is 1. The summed E-state index contributed by atoms with van der Waals surface area (Å²) in [6, 6.07) is 2.59. The van der Waals surface area contributed by atoms with Gasteiger partial charge in [0.05, 0.1) is 5.56 Å². The highest BCUT2D eigenvalue weighted by Crippen LogP contribution is 2.08. The second-order valence-corrected chi connectivity index (χ2v) is 4.97. The molecule has 18 heavy (non-hydrogen) atoms. The van der Waals surface area contributed by atoms with E-state index in [0.717, 1.165) is 0 Å². The number of amides is 1. The number of rotatable bonds is 3. The van der Waals surface area contributed by atoms with Crippen molar-refractivity contribution in [2.75, 3.05) is 0 Å². The summed E-state index contributed by atoms with van der Waals surface area (Å²) in [7, 11) is 0. The molecule has 5 nitrogen and oxygen atoms in total. The highest BCUT2D eigenvalue weighted by Gasteiger charge is 2.23. The zero-order valence-electron chi connectivity index (χ0n) is 11.1. The van der Waals surface area contributed by atoms with E-state index in [1.54, 1.807) is 46.0 Å². The van der Waals surface area contributed by atoms with Crippen LogP contribution in [0, 0.1) is 0 Å². The highest BCUT2D eigenvalue weighted by atomic mass is 16.6. The zero-order chi connectivity index (χ0) is 13.8. The van der Waals surface area contributed by atoms with E-state index < -0.39 is 17.6 Å². The van der Waals surface area contributed by atoms with Crippen molar-refractivity contribution < 1.29 is 14.3 Å². The molecule has 1 aromatic heterocycles. The van der Waals surface area contributed by atoms with Gasteiger partial charge in [-0.2, -0.15) is 0 Å². The van der Waals surface area contributed by atoms with E-state index in [2.05, 4.69) is 10.3 Å². The van der Waals surface area contributed by atoms with E-state index in [-0.39, 0.29) is 5.91 Å². The summed E-state index contributed by atoms with van der Waals surface area (Å²) in [5.41, 5.74) is -0.155. The summed E-state index contributed by atoms with van der Waals surface area (Å²) in [5.74, 6) is -0.804. The average Bonchev–Trinajstić information content (AvgIpc) is 2.27. The molecule has 0 saturated carbocycles. The molecular formula is C13H18N2O3. The van der Waals surface area contributed by atoms with Gasteiger partial charge in [0.15, 0.2) is 0 Å². The van der Waals surface area contributed by atoms with Crippen molar-refractivity contribution in [1.82, 2.24) is 10.3 Å². The molecule has 0 fully saturated rings. The second kappa shape index (κ2) is 5.62. The molecule has 0 saturated heterocycles. The molecule has 0 radical (unpaired) electrons. The lowest BCUT2D eigenvalue weighted by molar-refractivity contribution is -0.156. The number of aromatic nitrogens is 1. The summed E-state index contributed by atoms with van der Waals surface area (Å²) in [6.45, 7) is 6.92. The number of pyridine rings is 1. The maximum absolute atomic E-state index is 11.8. The van der Waals surface area contributed by atoms with Gasteiger partial charge in [0.2, 0.25) is 0 Å². The molecule has 5 heteroatoms. The van der Waals surface area contributed by atoms with Gasteiger partial charge in [-0.15, -0.1) is 0 Å². The van der Waals surface area contributed by atoms with Crippen molar-refractivity contribution in [1.29, 1.82) is 0 Å². The molecule has 0 bridgehead atoms. The van der Waals surface area contributed by atoms with Gasteiger partial charge in [-0.3, -0.25) is 9.78 Å². The highest BCUT2D eigenvalue weighted by molar-refractivity contribution is 5.96. The summed E-state index contributed by atoms with van der Waals surface area (Å²) in [6.07, 6.45) is 3.02. The topological polar surface area (TPSA) is 68.3 Å². The Morgan fingerprint density at radius 1 is 1.39 bits per heavy atom. The van der Waals surface area contributed by atoms with Crippen LogP contribution in [0.15, 0.2) is 24.5 Å². The lowest BCUT2D eigenvalue weighted by Gasteiger charge is -2.22. The molecule has 98 valence electrons. The summed E-state index contributed by atoms with van der Waals surface area (Å²) in [5, 5.41) is 2.57. The van der Waals surface area contributed by atoms with Gasteiger partial charge in [-0.25, -0.2) is 4.79 Å². The molecule has 1 heterocycles. The van der Waals surface area contributed by atoms with Gasteiger partial charge in [0.1, 0.15) is 11.6 Å². The fourth-order valence-corrected chi connectivity index (χ4v) is 1.23. The first kappa shape index (κ1) is 14.2. The van der Waals surface area contributed by atoms with Gasteiger partial charge in [-0.05, 0) is 39.8 Å². The Morgan fingerprint density at radius 2 is 2.06 bits per heavy atom. The first-order valence-electron chi connectivity index (χ1n) is 5.73. The lowest BCUT2D eigenvalue weighted by Crippen LogP contribution is -2.42. The minimum atomic E-state index is -0.697. The number of carbonyl (C=O) groups excluding carboxylic acids is 2. The Labute approximate surface area is 107 Å². The van der Waals surface area contributed by atoms with Crippen LogP contribution in [0.3, 0.4) is 0 Å². The van der Waals surface area contributed by atoms with Gasteiger partial charge >= 0.3 is 5.97 Å². The summed E-state index contributed by atoms with van der Waals surface area (Å²) in [4.78, 5) is 27.3. The van der Waals surface area contributed by atoms with E-state index in [9.17, 15) is 9.59 Å². The molecule has 1 atom stereocenters. The number of nitrogens with zero attached hydrogens (tertiary/aromatic N) is 1. The van der Waals surface area contributed by atoms with Crippen LogP contribution in [-0.4, -0.2) is 28.5 Å². The number of hydrogen-bond acceptors (Lipinski definition) is 4. The van der Waals surface area contributed by atoms with Crippen molar-refractivity contribution in [2.45, 2.75) is 39.3 Å². The second-order valence-electron chi connectivity index (χ2n) is 4.97. The Morgan fingerprint density at radius 3 is 2.56 bits per heavy atom. The van der Waals surface area contributed by atoms with Crippen LogP contribution in [0.25, 0.3) is 0 Å². The minimum absolute atomic E-state index is 0.346. The molecule has 0 aliphatic rings. The smallest absolute Gasteiger partial charge is 0.328 e. The normalized spacial score (nSPS) is 12.7. The molecule has 0 aliphatic heterocycles. The number of ether oxygens (including phenoxy) is 1. The molecule has 0 spiro atoms. The van der Waals surface area contributed by atoms with Crippen LogP contribution in [0.5, 0.6) is 0 Å². The summed E-state index contributed by atoms with van der Waals surface area (Å²) < 4.78 is 5.17. The van der Waals surface area contributed by atoms with E-state index in [1.807, 2.05) is 0 Å². The van der Waals surface area contributed by atoms with Crippen molar-refractivity contribution >= 4 is 11.9 Å². The Balaban J connectivity index is 2.58. The monoisotopic (exact) mass is 250 g/mol. The van der Waals surface area contributed by atoms with E-state index in [1.165, 1.54) is 6.20 Å². The van der Waals surface area contributed by atoms with E-state index in [0.29, 0.717) is 5.56 Å². The first-order valence-corrected chi connectivity index (χ1v) is 5.73. The largest absolute Gasteiger partial charge is 0.458 e. The lowest BCUT2D eigenvalue weighted by atomic mass is 10.2. The third-order valence-corrected chi connectivity index (χ3v) is 2.03. The Kier molecular flexibility index (Phi) is 4.42. The quantitative estimate of drug-likeness (QED) is 0.826. The van der Waals surface area contributed by atoms with Crippen LogP contribution >= 0.6 is 0 Å². The maximum Gasteiger partial charge on any atom is 0.328 e. The molecular weight excluding hydrogens is 232 g/mol. The SMILES string of the molecule is C[C@@H](NC(=O)c1cccnc1)C(=O)OC(C)(C)C. The fourth-order valence-electron chi connectivity index (χ4n) is 1.23. The predicted octanol–water partition coefficient (Wildman–Crippen LogP) is 1.54. The van der Waals surface area contributed by atoms with Gasteiger partial charge < -0.3 is 10.1 Å². The fraction of sp³-hybridized carbons (Fsp3) is 0.462. The number of carbonyl (C=O) groups is 2. The van der Waals surface area contributed by atoms with Crippen LogP contribution in [0.2, 0.25) is 0 Å². The van der Waals surface area contributed by atoms with Gasteiger partial charge in [0.25, 0.3) is 5.91 Å². The molecule has 1 amide bonds. The van der Waals surface area contributed by atoms with Crippen molar-refractivity contribution in [3.63, 3.8) is 0 Å². The average molecular weight is 250 g/mol. The summed E-state index contributed by atoms with van der Waals surface area (Å²) >= 11 is 0. The number of nitrogens with one attached hydrogen (secondary N) is 1. The van der Waals surface area contributed by atoms with Crippen LogP contribution in [0.1, 0.15) is 38.1 Å². The minimum Gasteiger partial charge on any atom is -0.458 e. The van der Waals surface area contributed by atoms with Crippen molar-refractivity contribution in [3.8, 4) is 0 Å². The molecule has 1 aromatic rings. The molecule has 0 aliphatic carbocycles. The van der Waals surface area contributed by atoms with Gasteiger partial charge in [-0.1, -0.05) is 0 Å². The standard InChI is InChI=1S/C13H18N2O3/c1-9(12(17)18-13(2,3)4)15-11(16)10-6-5-7-14-8-10/h5-9H,1-4H3,(H,15,16)/t9-/m1/s1. The predicted molar refractivity (Wildman–Crippen MR) is 67.0 cm³/mol. The number of esters is 1. The van der Waals surface area contributed by atoms with Crippen LogP contribution in [-0.2, 0) is 9.53 Å². The molecule has 0 unspecified atom stereocenters.